The lowest BCUT2D eigenvalue weighted by Gasteiger charge is -2.28. The highest BCUT2D eigenvalue weighted by Gasteiger charge is 2.26. The zero-order valence-corrected chi connectivity index (χ0v) is 16.7. The summed E-state index contributed by atoms with van der Waals surface area (Å²) in [5.41, 5.74) is 13.4. The molecule has 3 rings (SSSR count). The topological polar surface area (TPSA) is 94.5 Å². The second-order valence-corrected chi connectivity index (χ2v) is 7.62. The molecule has 1 heterocycles. The Kier molecular flexibility index (Phi) is 6.48. The van der Waals surface area contributed by atoms with Gasteiger partial charge in [0.05, 0.1) is 4.88 Å². The lowest BCUT2D eigenvalue weighted by Crippen LogP contribution is -2.42. The fraction of sp³-hybridized carbons (Fsp3) is 0.300. The molecule has 9 heteroatoms. The minimum absolute atomic E-state index is 0.0965. The van der Waals surface area contributed by atoms with Crippen molar-refractivity contribution in [2.24, 2.45) is 5.73 Å². The number of aromatic nitrogens is 1. The van der Waals surface area contributed by atoms with Crippen molar-refractivity contribution in [2.45, 2.75) is 38.8 Å². The highest BCUT2D eigenvalue weighted by atomic mass is 32.1. The van der Waals surface area contributed by atoms with Crippen LogP contribution in [0.5, 0.6) is 5.75 Å². The van der Waals surface area contributed by atoms with E-state index in [0.29, 0.717) is 17.4 Å². The van der Waals surface area contributed by atoms with Gasteiger partial charge in [0.25, 0.3) is 0 Å². The van der Waals surface area contributed by atoms with Crippen LogP contribution in [-0.2, 0) is 11.2 Å². The molecule has 154 valence electrons. The molecule has 0 saturated heterocycles. The van der Waals surface area contributed by atoms with Gasteiger partial charge in [-0.15, -0.1) is 0 Å². The summed E-state index contributed by atoms with van der Waals surface area (Å²) in [5, 5.41) is 0.583. The highest BCUT2D eigenvalue weighted by molar-refractivity contribution is 7.16. The predicted molar refractivity (Wildman–Crippen MR) is 110 cm³/mol. The lowest BCUT2D eigenvalue weighted by molar-refractivity contribution is -0.118. The van der Waals surface area contributed by atoms with E-state index in [2.05, 4.69) is 9.72 Å². The number of nitrogens with zero attached hydrogens (tertiary/aromatic N) is 2. The van der Waals surface area contributed by atoms with Gasteiger partial charge in [-0.1, -0.05) is 35.6 Å². The predicted octanol–water partition coefficient (Wildman–Crippen LogP) is 3.83. The number of ether oxygens (including phenoxy) is 1. The summed E-state index contributed by atoms with van der Waals surface area (Å²) in [6, 6.07) is 5.78. The van der Waals surface area contributed by atoms with Gasteiger partial charge >= 0.3 is 6.61 Å². The highest BCUT2D eigenvalue weighted by Crippen LogP contribution is 2.34. The molecule has 2 aromatic rings. The first-order valence-electron chi connectivity index (χ1n) is 9.09. The maximum absolute atomic E-state index is 12.3. The van der Waals surface area contributed by atoms with E-state index in [1.807, 2.05) is 18.2 Å². The second-order valence-electron chi connectivity index (χ2n) is 6.56. The number of alkyl halides is 2. The van der Waals surface area contributed by atoms with Gasteiger partial charge in [-0.05, 0) is 43.5 Å². The SMILES string of the molecule is CC(C(N)=O)N(C1=CCCC=C1)c1nc(N)c(Cc2ccc(OC(F)F)cc2)s1. The van der Waals surface area contributed by atoms with Crippen LogP contribution in [0.1, 0.15) is 30.2 Å². The van der Waals surface area contributed by atoms with Crippen molar-refractivity contribution in [1.29, 1.82) is 0 Å². The van der Waals surface area contributed by atoms with Gasteiger partial charge < -0.3 is 21.1 Å². The zero-order chi connectivity index (χ0) is 21.0. The average Bonchev–Trinajstić information content (AvgIpc) is 3.03. The van der Waals surface area contributed by atoms with Crippen molar-refractivity contribution in [3.63, 3.8) is 0 Å². The second kappa shape index (κ2) is 9.04. The minimum atomic E-state index is -2.86. The number of carbonyl (C=O) groups excluding carboxylic acids is 1. The third kappa shape index (κ3) is 5.11. The number of primary amides is 1. The number of anilines is 2. The van der Waals surface area contributed by atoms with E-state index in [9.17, 15) is 13.6 Å². The molecule has 0 spiro atoms. The Hall–Kier alpha value is -2.94. The van der Waals surface area contributed by atoms with Gasteiger partial charge in [0.2, 0.25) is 5.91 Å². The fourth-order valence-electron chi connectivity index (χ4n) is 2.96. The van der Waals surface area contributed by atoms with Crippen molar-refractivity contribution in [3.05, 3.63) is 58.6 Å². The van der Waals surface area contributed by atoms with E-state index < -0.39 is 18.6 Å². The smallest absolute Gasteiger partial charge is 0.387 e. The van der Waals surface area contributed by atoms with Crippen molar-refractivity contribution < 1.29 is 18.3 Å². The summed E-state index contributed by atoms with van der Waals surface area (Å²) in [6.45, 7) is -1.13. The van der Waals surface area contributed by atoms with Crippen molar-refractivity contribution in [3.8, 4) is 5.75 Å². The van der Waals surface area contributed by atoms with Crippen LogP contribution in [0.25, 0.3) is 0 Å². The van der Waals surface area contributed by atoms with Gasteiger partial charge in [-0.3, -0.25) is 4.79 Å². The number of rotatable bonds is 8. The summed E-state index contributed by atoms with van der Waals surface area (Å²) in [6.07, 6.45) is 8.32. The van der Waals surface area contributed by atoms with Gasteiger partial charge in [0, 0.05) is 12.1 Å². The molecule has 1 amide bonds. The third-order valence-corrected chi connectivity index (χ3v) is 5.56. The van der Waals surface area contributed by atoms with Crippen LogP contribution in [-0.4, -0.2) is 23.5 Å². The molecule has 1 unspecified atom stereocenters. The van der Waals surface area contributed by atoms with E-state index in [1.54, 1.807) is 24.0 Å². The zero-order valence-electron chi connectivity index (χ0n) is 15.8. The van der Waals surface area contributed by atoms with Crippen LogP contribution >= 0.6 is 11.3 Å². The first-order chi connectivity index (χ1) is 13.8. The molecule has 4 N–H and O–H groups in total. The Bertz CT molecular complexity index is 925. The number of hydrogen-bond donors (Lipinski definition) is 2. The number of thiazole rings is 1. The van der Waals surface area contributed by atoms with Crippen molar-refractivity contribution >= 4 is 28.2 Å². The quantitative estimate of drug-likeness (QED) is 0.677. The number of nitrogens with two attached hydrogens (primary N) is 2. The Morgan fingerprint density at radius 2 is 2.03 bits per heavy atom. The van der Waals surface area contributed by atoms with Crippen LogP contribution in [0.4, 0.5) is 19.7 Å². The third-order valence-electron chi connectivity index (χ3n) is 4.49. The molecule has 1 aliphatic rings. The van der Waals surface area contributed by atoms with Gasteiger partial charge in [-0.2, -0.15) is 8.78 Å². The maximum atomic E-state index is 12.3. The van der Waals surface area contributed by atoms with Gasteiger partial charge in [-0.25, -0.2) is 4.98 Å². The summed E-state index contributed by atoms with van der Waals surface area (Å²) in [4.78, 5) is 18.9. The van der Waals surface area contributed by atoms with Crippen LogP contribution in [0.15, 0.2) is 48.2 Å². The average molecular weight is 420 g/mol. The molecule has 0 aliphatic heterocycles. The van der Waals surface area contributed by atoms with E-state index in [-0.39, 0.29) is 5.75 Å². The molecule has 1 atom stereocenters. The lowest BCUT2D eigenvalue weighted by atomic mass is 10.1. The van der Waals surface area contributed by atoms with Crippen molar-refractivity contribution in [1.82, 2.24) is 4.98 Å². The molecule has 1 aromatic heterocycles. The van der Waals surface area contributed by atoms with Gasteiger partial charge in [0.1, 0.15) is 17.6 Å². The molecule has 0 bridgehead atoms. The maximum Gasteiger partial charge on any atom is 0.387 e. The molecular weight excluding hydrogens is 398 g/mol. The fourth-order valence-corrected chi connectivity index (χ4v) is 4.07. The van der Waals surface area contributed by atoms with E-state index >= 15 is 0 Å². The van der Waals surface area contributed by atoms with E-state index in [4.69, 9.17) is 11.5 Å². The molecule has 1 aromatic carbocycles. The Morgan fingerprint density at radius 1 is 1.31 bits per heavy atom. The summed E-state index contributed by atoms with van der Waals surface area (Å²) >= 11 is 1.37. The summed E-state index contributed by atoms with van der Waals surface area (Å²) in [7, 11) is 0. The van der Waals surface area contributed by atoms with Crippen LogP contribution in [0.2, 0.25) is 0 Å². The molecular formula is C20H22F2N4O2S. The monoisotopic (exact) mass is 420 g/mol. The number of benzene rings is 1. The molecule has 0 saturated carbocycles. The first kappa shape index (κ1) is 20.8. The van der Waals surface area contributed by atoms with E-state index in [1.165, 1.54) is 23.5 Å². The normalized spacial score (nSPS) is 14.6. The molecule has 0 fully saturated rings. The summed E-state index contributed by atoms with van der Waals surface area (Å²) < 4.78 is 28.9. The molecule has 0 radical (unpaired) electrons. The number of hydrogen-bond acceptors (Lipinski definition) is 6. The number of allylic oxidation sites excluding steroid dienone is 3. The number of nitrogen functional groups attached to an aromatic ring is 1. The van der Waals surface area contributed by atoms with Crippen LogP contribution in [0.3, 0.4) is 0 Å². The summed E-state index contributed by atoms with van der Waals surface area (Å²) in [5.74, 6) is -0.00558. The molecule has 6 nitrogen and oxygen atoms in total. The minimum Gasteiger partial charge on any atom is -0.435 e. The van der Waals surface area contributed by atoms with E-state index in [0.717, 1.165) is 29.0 Å². The molecule has 1 aliphatic carbocycles. The van der Waals surface area contributed by atoms with Crippen LogP contribution in [0, 0.1) is 0 Å². The molecule has 29 heavy (non-hydrogen) atoms. The first-order valence-corrected chi connectivity index (χ1v) is 9.91. The number of carbonyl (C=O) groups is 1. The van der Waals surface area contributed by atoms with Crippen LogP contribution < -0.4 is 21.1 Å². The Morgan fingerprint density at radius 3 is 2.62 bits per heavy atom. The Balaban J connectivity index is 1.84. The Labute approximate surface area is 171 Å². The largest absolute Gasteiger partial charge is 0.435 e. The number of halogens is 2. The number of amides is 1. The van der Waals surface area contributed by atoms with Gasteiger partial charge in [0.15, 0.2) is 5.13 Å². The van der Waals surface area contributed by atoms with Crippen molar-refractivity contribution in [2.75, 3.05) is 10.6 Å². The standard InChI is InChI=1S/C20H22F2N4O2S/c1-12(18(24)27)26(14-5-3-2-4-6-14)20-25-17(23)16(29-20)11-13-7-9-15(10-8-13)28-19(21)22/h3,5-10,12,19H,2,4,11,23H2,1H3,(H2,24,27).